The number of hydrogen-bond acceptors (Lipinski definition) is 5. The minimum atomic E-state index is -0.129. The largest absolute Gasteiger partial charge is 0.457 e. The summed E-state index contributed by atoms with van der Waals surface area (Å²) in [4.78, 5) is 18.3. The summed E-state index contributed by atoms with van der Waals surface area (Å²) in [5.74, 6) is 2.18. The predicted octanol–water partition coefficient (Wildman–Crippen LogP) is 8.39. The molecular formula is C25H16N6O3. The van der Waals surface area contributed by atoms with Gasteiger partial charge < -0.3 is 9.47 Å². The molecule has 4 aromatic carbocycles. The van der Waals surface area contributed by atoms with Crippen LogP contribution in [0.1, 0.15) is 15.9 Å². The lowest BCUT2D eigenvalue weighted by atomic mass is 10.0. The van der Waals surface area contributed by atoms with Gasteiger partial charge in [-0.1, -0.05) is 10.2 Å². The molecule has 34 heavy (non-hydrogen) atoms. The van der Waals surface area contributed by atoms with Crippen molar-refractivity contribution in [2.24, 2.45) is 10.2 Å². The van der Waals surface area contributed by atoms with E-state index in [0.29, 0.717) is 45.5 Å². The first-order chi connectivity index (χ1) is 16.6. The monoisotopic (exact) mass is 448 g/mol. The molecule has 9 nitrogen and oxygen atoms in total. The Morgan fingerprint density at radius 1 is 0.529 bits per heavy atom. The van der Waals surface area contributed by atoms with Crippen LogP contribution in [0.4, 0.5) is 11.4 Å². The molecule has 0 aliphatic heterocycles. The number of carbonyl (C=O) groups is 1. The van der Waals surface area contributed by atoms with Crippen molar-refractivity contribution >= 4 is 17.2 Å². The molecule has 0 aromatic heterocycles. The average Bonchev–Trinajstić information content (AvgIpc) is 2.87. The third kappa shape index (κ3) is 5.52. The first kappa shape index (κ1) is 22.0. The van der Waals surface area contributed by atoms with Gasteiger partial charge in [-0.3, -0.25) is 4.79 Å². The van der Waals surface area contributed by atoms with E-state index < -0.39 is 0 Å². The summed E-state index contributed by atoms with van der Waals surface area (Å²) >= 11 is 0. The Morgan fingerprint density at radius 2 is 0.824 bits per heavy atom. The minimum absolute atomic E-state index is 0.129. The number of carbonyl (C=O) groups excluding carboxylic acids is 1. The third-order valence-electron chi connectivity index (χ3n) is 4.70. The van der Waals surface area contributed by atoms with Gasteiger partial charge in [0.2, 0.25) is 0 Å². The molecule has 0 amide bonds. The highest BCUT2D eigenvalue weighted by Gasteiger charge is 2.10. The van der Waals surface area contributed by atoms with Gasteiger partial charge >= 0.3 is 0 Å². The molecule has 9 heteroatoms. The summed E-state index contributed by atoms with van der Waals surface area (Å²) in [6, 6.07) is 27.0. The lowest BCUT2D eigenvalue weighted by Gasteiger charge is -2.08. The van der Waals surface area contributed by atoms with E-state index in [1.807, 2.05) is 0 Å². The Bertz CT molecular complexity index is 1280. The SMILES string of the molecule is [N-]=[N+]=Nc1ccc(Oc2ccc(C(=O)c3ccc(Oc4ccc(N=[N+]=[N-])cc4)cc3)cc2)cc1. The normalized spacial score (nSPS) is 9.88. The number of rotatable bonds is 8. The van der Waals surface area contributed by atoms with E-state index in [1.165, 1.54) is 0 Å². The van der Waals surface area contributed by atoms with Crippen LogP contribution in [-0.4, -0.2) is 5.78 Å². The number of hydrogen-bond donors (Lipinski definition) is 0. The predicted molar refractivity (Wildman–Crippen MR) is 127 cm³/mol. The maximum atomic E-state index is 12.8. The number of ether oxygens (including phenoxy) is 2. The molecule has 0 atom stereocenters. The minimum Gasteiger partial charge on any atom is -0.457 e. The second kappa shape index (κ2) is 10.4. The Morgan fingerprint density at radius 3 is 1.12 bits per heavy atom. The quantitative estimate of drug-likeness (QED) is 0.116. The van der Waals surface area contributed by atoms with Crippen LogP contribution in [-0.2, 0) is 0 Å². The van der Waals surface area contributed by atoms with Crippen molar-refractivity contribution in [2.75, 3.05) is 0 Å². The molecule has 0 N–H and O–H groups in total. The highest BCUT2D eigenvalue weighted by atomic mass is 16.5. The molecule has 0 aliphatic carbocycles. The van der Waals surface area contributed by atoms with Gasteiger partial charge in [0.15, 0.2) is 5.78 Å². The van der Waals surface area contributed by atoms with Gasteiger partial charge in [-0.05, 0) is 108 Å². The first-order valence-corrected chi connectivity index (χ1v) is 10.1. The Kier molecular flexibility index (Phi) is 6.72. The molecule has 0 saturated carbocycles. The van der Waals surface area contributed by atoms with Crippen molar-refractivity contribution in [1.82, 2.24) is 0 Å². The summed E-state index contributed by atoms with van der Waals surface area (Å²) in [6.45, 7) is 0. The smallest absolute Gasteiger partial charge is 0.193 e. The zero-order valence-electron chi connectivity index (χ0n) is 17.6. The summed E-state index contributed by atoms with van der Waals surface area (Å²) in [6.07, 6.45) is 0. The Hall–Kier alpha value is -5.23. The molecule has 0 spiro atoms. The molecule has 0 bridgehead atoms. The standard InChI is InChI=1S/C25H16N6O3/c26-30-28-19-5-13-23(14-6-19)33-21-9-1-17(2-10-21)25(32)18-3-11-22(12-4-18)34-24-15-7-20(8-16-24)29-31-27/h1-16H. The van der Waals surface area contributed by atoms with Gasteiger partial charge in [-0.2, -0.15) is 0 Å². The van der Waals surface area contributed by atoms with Crippen molar-refractivity contribution in [3.63, 3.8) is 0 Å². The zero-order valence-corrected chi connectivity index (χ0v) is 17.6. The van der Waals surface area contributed by atoms with Crippen molar-refractivity contribution in [2.45, 2.75) is 0 Å². The molecule has 164 valence electrons. The molecule has 0 fully saturated rings. The van der Waals surface area contributed by atoms with E-state index in [4.69, 9.17) is 20.5 Å². The molecular weight excluding hydrogens is 432 g/mol. The van der Waals surface area contributed by atoms with E-state index in [-0.39, 0.29) is 5.78 Å². The van der Waals surface area contributed by atoms with Crippen molar-refractivity contribution < 1.29 is 14.3 Å². The molecule has 0 heterocycles. The van der Waals surface area contributed by atoms with Crippen LogP contribution in [0.2, 0.25) is 0 Å². The third-order valence-corrected chi connectivity index (χ3v) is 4.70. The Balaban J connectivity index is 1.39. The average molecular weight is 448 g/mol. The molecule has 0 saturated heterocycles. The summed E-state index contributed by atoms with van der Waals surface area (Å²) in [5, 5.41) is 7.03. The first-order valence-electron chi connectivity index (χ1n) is 10.1. The lowest BCUT2D eigenvalue weighted by Crippen LogP contribution is -2.01. The molecule has 0 aliphatic rings. The maximum absolute atomic E-state index is 12.8. The second-order valence-electron chi connectivity index (χ2n) is 6.95. The van der Waals surface area contributed by atoms with E-state index in [9.17, 15) is 4.79 Å². The Labute approximate surface area is 194 Å². The van der Waals surface area contributed by atoms with Gasteiger partial charge in [-0.15, -0.1) is 0 Å². The van der Waals surface area contributed by atoms with Gasteiger partial charge in [0.25, 0.3) is 0 Å². The van der Waals surface area contributed by atoms with Gasteiger partial charge in [0, 0.05) is 32.3 Å². The molecule has 0 unspecified atom stereocenters. The maximum Gasteiger partial charge on any atom is 0.193 e. The van der Waals surface area contributed by atoms with Gasteiger partial charge in [0.05, 0.1) is 0 Å². The number of benzene rings is 4. The fraction of sp³-hybridized carbons (Fsp3) is 0. The van der Waals surface area contributed by atoms with Crippen molar-refractivity contribution in [1.29, 1.82) is 0 Å². The summed E-state index contributed by atoms with van der Waals surface area (Å²) < 4.78 is 11.5. The van der Waals surface area contributed by atoms with E-state index in [1.54, 1.807) is 97.1 Å². The molecule has 4 rings (SSSR count). The number of nitrogens with zero attached hydrogens (tertiary/aromatic N) is 6. The van der Waals surface area contributed by atoms with E-state index >= 15 is 0 Å². The van der Waals surface area contributed by atoms with Crippen molar-refractivity contribution in [3.8, 4) is 23.0 Å². The van der Waals surface area contributed by atoms with E-state index in [2.05, 4.69) is 20.1 Å². The fourth-order valence-corrected chi connectivity index (χ4v) is 3.05. The topological polar surface area (TPSA) is 133 Å². The van der Waals surface area contributed by atoms with Crippen LogP contribution in [0.15, 0.2) is 107 Å². The second-order valence-corrected chi connectivity index (χ2v) is 6.95. The lowest BCUT2D eigenvalue weighted by molar-refractivity contribution is 0.103. The van der Waals surface area contributed by atoms with Gasteiger partial charge in [-0.25, -0.2) is 0 Å². The summed E-state index contributed by atoms with van der Waals surface area (Å²) in [5.41, 5.74) is 18.9. The molecule has 0 radical (unpaired) electrons. The van der Waals surface area contributed by atoms with Crippen LogP contribution < -0.4 is 9.47 Å². The van der Waals surface area contributed by atoms with Crippen LogP contribution >= 0.6 is 0 Å². The zero-order chi connectivity index (χ0) is 23.8. The van der Waals surface area contributed by atoms with Crippen LogP contribution in [0.5, 0.6) is 23.0 Å². The van der Waals surface area contributed by atoms with Crippen molar-refractivity contribution in [3.05, 3.63) is 129 Å². The number of ketones is 1. The summed E-state index contributed by atoms with van der Waals surface area (Å²) in [7, 11) is 0. The van der Waals surface area contributed by atoms with Gasteiger partial charge in [0.1, 0.15) is 23.0 Å². The molecule has 4 aromatic rings. The van der Waals surface area contributed by atoms with Crippen LogP contribution in [0.3, 0.4) is 0 Å². The number of azide groups is 2. The fourth-order valence-electron chi connectivity index (χ4n) is 3.05. The van der Waals surface area contributed by atoms with Crippen LogP contribution in [0, 0.1) is 0 Å². The van der Waals surface area contributed by atoms with Crippen LogP contribution in [0.25, 0.3) is 20.9 Å². The van der Waals surface area contributed by atoms with E-state index in [0.717, 1.165) is 0 Å². The highest BCUT2D eigenvalue weighted by molar-refractivity contribution is 6.09. The highest BCUT2D eigenvalue weighted by Crippen LogP contribution is 2.27.